The van der Waals surface area contributed by atoms with E-state index in [1.165, 1.54) is 11.4 Å². The Kier molecular flexibility index (Phi) is 4.88. The maximum atomic E-state index is 12.9. The third kappa shape index (κ3) is 2.94. The summed E-state index contributed by atoms with van der Waals surface area (Å²) in [6.07, 6.45) is 1.86. The van der Waals surface area contributed by atoms with Crippen molar-refractivity contribution in [1.82, 2.24) is 4.31 Å². The Labute approximate surface area is 143 Å². The Balaban J connectivity index is 1.77. The van der Waals surface area contributed by atoms with Crippen LogP contribution in [0.4, 0.5) is 0 Å². The molecule has 6 nitrogen and oxygen atoms in total. The third-order valence-electron chi connectivity index (χ3n) is 5.10. The normalized spacial score (nSPS) is 23.4. The van der Waals surface area contributed by atoms with E-state index >= 15 is 0 Å². The van der Waals surface area contributed by atoms with Crippen LogP contribution in [0.5, 0.6) is 5.75 Å². The van der Waals surface area contributed by atoms with Gasteiger partial charge < -0.3 is 14.2 Å². The standard InChI is InChI=1S/C17H25NO5S/c1-13-4-5-16(15(10-13)22-3)24(19,20)18-11-17(12-18)14(6-8-21-2)7-9-23-17/h4-5,10,14H,6-9,11-12H2,1-3H3/t14-/m0/s1. The Morgan fingerprint density at radius 3 is 2.75 bits per heavy atom. The zero-order valence-corrected chi connectivity index (χ0v) is 15.3. The molecule has 0 aromatic heterocycles. The zero-order chi connectivity index (χ0) is 17.4. The minimum atomic E-state index is -3.57. The van der Waals surface area contributed by atoms with E-state index < -0.39 is 10.0 Å². The molecule has 0 bridgehead atoms. The van der Waals surface area contributed by atoms with Crippen LogP contribution in [0.25, 0.3) is 0 Å². The SMILES string of the molecule is COCC[C@H]1CCOC12CN(S(=O)(=O)c1ccc(C)cc1OC)C2. The van der Waals surface area contributed by atoms with Gasteiger partial charge in [0.25, 0.3) is 0 Å². The second kappa shape index (κ2) is 6.63. The highest BCUT2D eigenvalue weighted by Crippen LogP contribution is 2.44. The van der Waals surface area contributed by atoms with Gasteiger partial charge in [0.15, 0.2) is 0 Å². The molecule has 3 rings (SSSR count). The number of hydrogen-bond acceptors (Lipinski definition) is 5. The third-order valence-corrected chi connectivity index (χ3v) is 6.93. The van der Waals surface area contributed by atoms with E-state index in [9.17, 15) is 8.42 Å². The number of sulfonamides is 1. The van der Waals surface area contributed by atoms with Crippen LogP contribution in [0.3, 0.4) is 0 Å². The summed E-state index contributed by atoms with van der Waals surface area (Å²) in [6, 6.07) is 5.15. The molecule has 2 fully saturated rings. The first-order chi connectivity index (χ1) is 11.4. The fourth-order valence-corrected chi connectivity index (χ4v) is 5.34. The van der Waals surface area contributed by atoms with E-state index in [4.69, 9.17) is 14.2 Å². The highest BCUT2D eigenvalue weighted by atomic mass is 32.2. The van der Waals surface area contributed by atoms with Crippen LogP contribution in [-0.4, -0.2) is 58.8 Å². The summed E-state index contributed by atoms with van der Waals surface area (Å²) >= 11 is 0. The Morgan fingerprint density at radius 1 is 1.33 bits per heavy atom. The van der Waals surface area contributed by atoms with E-state index in [1.807, 2.05) is 6.92 Å². The van der Waals surface area contributed by atoms with Gasteiger partial charge >= 0.3 is 0 Å². The second-order valence-electron chi connectivity index (χ2n) is 6.61. The van der Waals surface area contributed by atoms with Gasteiger partial charge in [-0.2, -0.15) is 4.31 Å². The number of hydrogen-bond donors (Lipinski definition) is 0. The van der Waals surface area contributed by atoms with Gasteiger partial charge in [-0.3, -0.25) is 0 Å². The second-order valence-corrected chi connectivity index (χ2v) is 8.51. The molecular weight excluding hydrogens is 330 g/mol. The molecule has 0 aliphatic carbocycles. The van der Waals surface area contributed by atoms with Crippen molar-refractivity contribution in [2.45, 2.75) is 30.3 Å². The van der Waals surface area contributed by atoms with Crippen LogP contribution >= 0.6 is 0 Å². The summed E-state index contributed by atoms with van der Waals surface area (Å²) in [4.78, 5) is 0.219. The van der Waals surface area contributed by atoms with Gasteiger partial charge in [-0.15, -0.1) is 0 Å². The number of nitrogens with zero attached hydrogens (tertiary/aromatic N) is 1. The number of ether oxygens (including phenoxy) is 3. The molecule has 0 unspecified atom stereocenters. The monoisotopic (exact) mass is 355 g/mol. The van der Waals surface area contributed by atoms with E-state index in [-0.39, 0.29) is 10.5 Å². The van der Waals surface area contributed by atoms with Crippen LogP contribution in [0.1, 0.15) is 18.4 Å². The van der Waals surface area contributed by atoms with E-state index in [0.717, 1.165) is 18.4 Å². The smallest absolute Gasteiger partial charge is 0.246 e. The molecule has 0 amide bonds. The highest BCUT2D eigenvalue weighted by Gasteiger charge is 2.56. The van der Waals surface area contributed by atoms with Gasteiger partial charge in [0.2, 0.25) is 10.0 Å². The van der Waals surface area contributed by atoms with Crippen molar-refractivity contribution in [3.05, 3.63) is 23.8 Å². The van der Waals surface area contributed by atoms with Crippen LogP contribution in [0.2, 0.25) is 0 Å². The van der Waals surface area contributed by atoms with Crippen LogP contribution < -0.4 is 4.74 Å². The van der Waals surface area contributed by atoms with Gasteiger partial charge in [-0.1, -0.05) is 6.07 Å². The van der Waals surface area contributed by atoms with Gasteiger partial charge in [-0.05, 0) is 43.4 Å². The van der Waals surface area contributed by atoms with Crippen molar-refractivity contribution in [2.75, 3.05) is 40.5 Å². The predicted molar refractivity (Wildman–Crippen MR) is 89.8 cm³/mol. The lowest BCUT2D eigenvalue weighted by atomic mass is 9.80. The van der Waals surface area contributed by atoms with Crippen molar-refractivity contribution in [3.8, 4) is 5.75 Å². The van der Waals surface area contributed by atoms with Crippen molar-refractivity contribution in [1.29, 1.82) is 0 Å². The minimum absolute atomic E-state index is 0.219. The Hall–Kier alpha value is -1.15. The van der Waals surface area contributed by atoms with Gasteiger partial charge in [-0.25, -0.2) is 8.42 Å². The fraction of sp³-hybridized carbons (Fsp3) is 0.647. The molecule has 1 atom stereocenters. The molecule has 2 aliphatic heterocycles. The van der Waals surface area contributed by atoms with E-state index in [0.29, 0.717) is 38.0 Å². The molecule has 0 radical (unpaired) electrons. The van der Waals surface area contributed by atoms with Crippen molar-refractivity contribution in [3.63, 3.8) is 0 Å². The average molecular weight is 355 g/mol. The summed E-state index contributed by atoms with van der Waals surface area (Å²) < 4.78 is 43.7. The Morgan fingerprint density at radius 2 is 2.08 bits per heavy atom. The molecule has 134 valence electrons. The van der Waals surface area contributed by atoms with Crippen LogP contribution in [-0.2, 0) is 19.5 Å². The molecule has 0 saturated carbocycles. The molecule has 1 spiro atoms. The first kappa shape index (κ1) is 17.7. The van der Waals surface area contributed by atoms with Gasteiger partial charge in [0, 0.05) is 33.4 Å². The first-order valence-electron chi connectivity index (χ1n) is 8.20. The summed E-state index contributed by atoms with van der Waals surface area (Å²) in [7, 11) is -0.396. The highest BCUT2D eigenvalue weighted by molar-refractivity contribution is 7.89. The topological polar surface area (TPSA) is 65.1 Å². The molecule has 1 aromatic rings. The number of aryl methyl sites for hydroxylation is 1. The Bertz CT molecular complexity index is 697. The lowest BCUT2D eigenvalue weighted by molar-refractivity contribution is -0.105. The van der Waals surface area contributed by atoms with Gasteiger partial charge in [0.05, 0.1) is 12.7 Å². The molecule has 2 saturated heterocycles. The van der Waals surface area contributed by atoms with Crippen molar-refractivity contribution in [2.24, 2.45) is 5.92 Å². The molecule has 1 aromatic carbocycles. The summed E-state index contributed by atoms with van der Waals surface area (Å²) in [5, 5.41) is 0. The lowest BCUT2D eigenvalue weighted by Crippen LogP contribution is -2.65. The minimum Gasteiger partial charge on any atom is -0.495 e. The number of benzene rings is 1. The quantitative estimate of drug-likeness (QED) is 0.779. The first-order valence-corrected chi connectivity index (χ1v) is 9.64. The number of rotatable bonds is 6. The van der Waals surface area contributed by atoms with Crippen molar-refractivity contribution < 1.29 is 22.6 Å². The van der Waals surface area contributed by atoms with Crippen molar-refractivity contribution >= 4 is 10.0 Å². The largest absolute Gasteiger partial charge is 0.495 e. The fourth-order valence-electron chi connectivity index (χ4n) is 3.65. The number of methoxy groups -OCH3 is 2. The van der Waals surface area contributed by atoms with E-state index in [1.54, 1.807) is 25.3 Å². The molecule has 2 heterocycles. The van der Waals surface area contributed by atoms with Gasteiger partial charge in [0.1, 0.15) is 10.6 Å². The summed E-state index contributed by atoms with van der Waals surface area (Å²) in [5.74, 6) is 0.739. The lowest BCUT2D eigenvalue weighted by Gasteiger charge is -2.49. The maximum absolute atomic E-state index is 12.9. The van der Waals surface area contributed by atoms with Crippen LogP contribution in [0.15, 0.2) is 23.1 Å². The predicted octanol–water partition coefficient (Wildman–Crippen LogP) is 1.82. The maximum Gasteiger partial charge on any atom is 0.246 e. The molecule has 2 aliphatic rings. The molecular formula is C17H25NO5S. The summed E-state index contributed by atoms with van der Waals surface area (Å²) in [5.41, 5.74) is 0.619. The van der Waals surface area contributed by atoms with Crippen LogP contribution in [0, 0.1) is 12.8 Å². The average Bonchev–Trinajstić information content (AvgIpc) is 2.94. The van der Waals surface area contributed by atoms with E-state index in [2.05, 4.69) is 0 Å². The molecule has 0 N–H and O–H groups in total. The zero-order valence-electron chi connectivity index (χ0n) is 14.4. The molecule has 7 heteroatoms. The molecule has 24 heavy (non-hydrogen) atoms. The summed E-state index contributed by atoms with van der Waals surface area (Å²) in [6.45, 7) is 4.08.